The van der Waals surface area contributed by atoms with Crippen LogP contribution in [0.5, 0.6) is 0 Å². The van der Waals surface area contributed by atoms with Gasteiger partial charge in [0.15, 0.2) is 0 Å². The van der Waals surface area contributed by atoms with Gasteiger partial charge in [0, 0.05) is 18.8 Å². The van der Waals surface area contributed by atoms with Gasteiger partial charge in [-0.05, 0) is 55.6 Å². The van der Waals surface area contributed by atoms with Crippen molar-refractivity contribution >= 4 is 21.6 Å². The third kappa shape index (κ3) is 5.20. The lowest BCUT2D eigenvalue weighted by Crippen LogP contribution is -2.42. The first-order valence-corrected chi connectivity index (χ1v) is 12.7. The van der Waals surface area contributed by atoms with Crippen LogP contribution in [0.3, 0.4) is 0 Å². The number of carbonyl (C=O) groups excluding carboxylic acids is 1. The summed E-state index contributed by atoms with van der Waals surface area (Å²) in [4.78, 5) is 15.8. The van der Waals surface area contributed by atoms with E-state index < -0.39 is 16.1 Å². The summed E-state index contributed by atoms with van der Waals surface area (Å²) in [6.07, 6.45) is 2.12. The molecule has 8 heteroatoms. The molecule has 1 atom stereocenters. The van der Waals surface area contributed by atoms with E-state index in [1.807, 2.05) is 30.3 Å². The van der Waals surface area contributed by atoms with Crippen LogP contribution in [0.2, 0.25) is 0 Å². The molecule has 2 aromatic carbocycles. The van der Waals surface area contributed by atoms with E-state index in [1.54, 1.807) is 24.3 Å². The average molecular weight is 458 g/mol. The van der Waals surface area contributed by atoms with E-state index in [-0.39, 0.29) is 10.8 Å². The van der Waals surface area contributed by atoms with E-state index in [0.29, 0.717) is 37.9 Å². The maximum absolute atomic E-state index is 13.4. The molecule has 32 heavy (non-hydrogen) atoms. The SMILES string of the molecule is CC1CCN([C@H](C(=O)Nc2cccc(S(=O)(=O)N3CCOCC3)c2)c2ccccc2)CC1. The van der Waals surface area contributed by atoms with Crippen molar-refractivity contribution in [3.63, 3.8) is 0 Å². The standard InChI is InChI=1S/C24H31N3O4S/c1-19-10-12-26(13-11-19)23(20-6-3-2-4-7-20)24(28)25-21-8-5-9-22(18-21)32(29,30)27-14-16-31-17-15-27/h2-9,18-19,23H,10-17H2,1H3,(H,25,28)/t23-/m0/s1. The maximum atomic E-state index is 13.4. The van der Waals surface area contributed by atoms with E-state index in [4.69, 9.17) is 4.74 Å². The molecular weight excluding hydrogens is 426 g/mol. The van der Waals surface area contributed by atoms with Gasteiger partial charge in [-0.3, -0.25) is 9.69 Å². The van der Waals surface area contributed by atoms with Gasteiger partial charge in [-0.1, -0.05) is 43.3 Å². The third-order valence-electron chi connectivity index (χ3n) is 6.26. The number of sulfonamides is 1. The number of carbonyl (C=O) groups is 1. The zero-order chi connectivity index (χ0) is 22.6. The maximum Gasteiger partial charge on any atom is 0.246 e. The zero-order valence-electron chi connectivity index (χ0n) is 18.4. The number of amides is 1. The highest BCUT2D eigenvalue weighted by Crippen LogP contribution is 2.29. The molecule has 0 unspecified atom stereocenters. The minimum Gasteiger partial charge on any atom is -0.379 e. The van der Waals surface area contributed by atoms with Crippen molar-refractivity contribution in [2.75, 3.05) is 44.7 Å². The van der Waals surface area contributed by atoms with Crippen LogP contribution in [-0.2, 0) is 19.6 Å². The lowest BCUT2D eigenvalue weighted by Gasteiger charge is -2.36. The van der Waals surface area contributed by atoms with Crippen LogP contribution in [-0.4, -0.2) is 62.9 Å². The van der Waals surface area contributed by atoms with Crippen molar-refractivity contribution in [1.82, 2.24) is 9.21 Å². The number of rotatable bonds is 6. The summed E-state index contributed by atoms with van der Waals surface area (Å²) < 4.78 is 32.7. The van der Waals surface area contributed by atoms with Gasteiger partial charge >= 0.3 is 0 Å². The molecule has 0 radical (unpaired) electrons. The zero-order valence-corrected chi connectivity index (χ0v) is 19.3. The van der Waals surface area contributed by atoms with Gasteiger partial charge in [-0.15, -0.1) is 0 Å². The molecular formula is C24H31N3O4S. The molecule has 1 amide bonds. The van der Waals surface area contributed by atoms with Gasteiger partial charge in [0.25, 0.3) is 0 Å². The third-order valence-corrected chi connectivity index (χ3v) is 8.15. The second kappa shape index (κ2) is 10.1. The summed E-state index contributed by atoms with van der Waals surface area (Å²) in [5.41, 5.74) is 1.42. The molecule has 2 aliphatic heterocycles. The average Bonchev–Trinajstić information content (AvgIpc) is 2.82. The lowest BCUT2D eigenvalue weighted by molar-refractivity contribution is -0.122. The summed E-state index contributed by atoms with van der Waals surface area (Å²) in [7, 11) is -3.63. The molecule has 0 bridgehead atoms. The van der Waals surface area contributed by atoms with Crippen molar-refractivity contribution in [3.8, 4) is 0 Å². The largest absolute Gasteiger partial charge is 0.379 e. The van der Waals surface area contributed by atoms with Crippen molar-refractivity contribution in [1.29, 1.82) is 0 Å². The number of hydrogen-bond acceptors (Lipinski definition) is 5. The van der Waals surface area contributed by atoms with Crippen LogP contribution in [0.25, 0.3) is 0 Å². The Hall–Kier alpha value is -2.26. The number of ether oxygens (including phenoxy) is 1. The normalized spacial score (nSPS) is 20.0. The van der Waals surface area contributed by atoms with Crippen LogP contribution in [0.1, 0.15) is 31.4 Å². The molecule has 2 fully saturated rings. The molecule has 2 aromatic rings. The Kier molecular flexibility index (Phi) is 7.25. The van der Waals surface area contributed by atoms with Crippen LogP contribution < -0.4 is 5.32 Å². The van der Waals surface area contributed by atoms with Crippen LogP contribution in [0, 0.1) is 5.92 Å². The number of anilines is 1. The molecule has 2 saturated heterocycles. The molecule has 172 valence electrons. The Labute approximate surface area is 190 Å². The number of nitrogens with zero attached hydrogens (tertiary/aromatic N) is 2. The molecule has 0 aromatic heterocycles. The second-order valence-electron chi connectivity index (χ2n) is 8.57. The Morgan fingerprint density at radius 1 is 1.00 bits per heavy atom. The quantitative estimate of drug-likeness (QED) is 0.721. The highest BCUT2D eigenvalue weighted by Gasteiger charge is 2.31. The van der Waals surface area contributed by atoms with Crippen LogP contribution in [0.4, 0.5) is 5.69 Å². The van der Waals surface area contributed by atoms with E-state index in [9.17, 15) is 13.2 Å². The second-order valence-corrected chi connectivity index (χ2v) is 10.5. The van der Waals surface area contributed by atoms with Gasteiger partial charge in [-0.25, -0.2) is 8.42 Å². The minimum atomic E-state index is -3.63. The smallest absolute Gasteiger partial charge is 0.246 e. The van der Waals surface area contributed by atoms with Crippen molar-refractivity contribution in [3.05, 3.63) is 60.2 Å². The Balaban J connectivity index is 1.55. The predicted octanol–water partition coefficient (Wildman–Crippen LogP) is 3.12. The van der Waals surface area contributed by atoms with E-state index in [2.05, 4.69) is 17.1 Å². The van der Waals surface area contributed by atoms with Gasteiger partial charge in [-0.2, -0.15) is 4.31 Å². The lowest BCUT2D eigenvalue weighted by atomic mass is 9.95. The van der Waals surface area contributed by atoms with Crippen molar-refractivity contribution < 1.29 is 17.9 Å². The van der Waals surface area contributed by atoms with Crippen LogP contribution in [0.15, 0.2) is 59.5 Å². The van der Waals surface area contributed by atoms with E-state index >= 15 is 0 Å². The van der Waals surface area contributed by atoms with E-state index in [1.165, 1.54) is 4.31 Å². The molecule has 0 saturated carbocycles. The van der Waals surface area contributed by atoms with Crippen LogP contribution >= 0.6 is 0 Å². The molecule has 0 aliphatic carbocycles. The van der Waals surface area contributed by atoms with Gasteiger partial charge in [0.1, 0.15) is 6.04 Å². The minimum absolute atomic E-state index is 0.147. The number of morpholine rings is 1. The summed E-state index contributed by atoms with van der Waals surface area (Å²) in [5, 5.41) is 2.98. The molecule has 2 aliphatic rings. The molecule has 0 spiro atoms. The molecule has 1 N–H and O–H groups in total. The Morgan fingerprint density at radius 2 is 1.69 bits per heavy atom. The number of benzene rings is 2. The molecule has 2 heterocycles. The summed E-state index contributed by atoms with van der Waals surface area (Å²) in [6.45, 7) is 5.42. The highest BCUT2D eigenvalue weighted by molar-refractivity contribution is 7.89. The summed E-state index contributed by atoms with van der Waals surface area (Å²) in [6, 6.07) is 15.9. The van der Waals surface area contributed by atoms with E-state index in [0.717, 1.165) is 31.5 Å². The highest BCUT2D eigenvalue weighted by atomic mass is 32.2. The van der Waals surface area contributed by atoms with Crippen molar-refractivity contribution in [2.45, 2.75) is 30.7 Å². The van der Waals surface area contributed by atoms with Gasteiger partial charge < -0.3 is 10.1 Å². The monoisotopic (exact) mass is 457 g/mol. The number of piperidine rings is 1. The summed E-state index contributed by atoms with van der Waals surface area (Å²) in [5.74, 6) is 0.513. The van der Waals surface area contributed by atoms with Gasteiger partial charge in [0.2, 0.25) is 15.9 Å². The molecule has 4 rings (SSSR count). The Morgan fingerprint density at radius 3 is 2.38 bits per heavy atom. The first kappa shape index (κ1) is 22.9. The first-order chi connectivity index (χ1) is 15.4. The fourth-order valence-corrected chi connectivity index (χ4v) is 5.79. The first-order valence-electron chi connectivity index (χ1n) is 11.2. The van der Waals surface area contributed by atoms with Gasteiger partial charge in [0.05, 0.1) is 18.1 Å². The predicted molar refractivity (Wildman–Crippen MR) is 124 cm³/mol. The van der Waals surface area contributed by atoms with Crippen molar-refractivity contribution in [2.24, 2.45) is 5.92 Å². The number of likely N-dealkylation sites (tertiary alicyclic amines) is 1. The number of hydrogen-bond donors (Lipinski definition) is 1. The Bertz CT molecular complexity index is 1010. The fourth-order valence-electron chi connectivity index (χ4n) is 4.33. The molecule has 7 nitrogen and oxygen atoms in total. The fraction of sp³-hybridized carbons (Fsp3) is 0.458. The summed E-state index contributed by atoms with van der Waals surface area (Å²) >= 11 is 0. The topological polar surface area (TPSA) is 79.0 Å². The number of nitrogens with one attached hydrogen (secondary N) is 1.